The molecular formula is C12H21N3OS. The Bertz CT molecular complexity index is 364. The molecule has 0 saturated carbocycles. The largest absolute Gasteiger partial charge is 0.354 e. The van der Waals surface area contributed by atoms with Gasteiger partial charge in [0.05, 0.1) is 17.2 Å². The van der Waals surface area contributed by atoms with Gasteiger partial charge in [-0.05, 0) is 12.8 Å². The van der Waals surface area contributed by atoms with E-state index in [2.05, 4.69) is 10.3 Å². The summed E-state index contributed by atoms with van der Waals surface area (Å²) in [4.78, 5) is 17.1. The van der Waals surface area contributed by atoms with E-state index in [1.807, 2.05) is 26.3 Å². The van der Waals surface area contributed by atoms with E-state index < -0.39 is 6.04 Å². The van der Waals surface area contributed by atoms with Gasteiger partial charge in [0, 0.05) is 17.8 Å². The van der Waals surface area contributed by atoms with Gasteiger partial charge in [0.25, 0.3) is 0 Å². The van der Waals surface area contributed by atoms with Gasteiger partial charge in [0.15, 0.2) is 0 Å². The van der Waals surface area contributed by atoms with E-state index in [9.17, 15) is 4.79 Å². The van der Waals surface area contributed by atoms with Crippen LogP contribution in [-0.4, -0.2) is 23.5 Å². The summed E-state index contributed by atoms with van der Waals surface area (Å²) in [5.41, 5.74) is 8.72. The second-order valence-corrected chi connectivity index (χ2v) is 5.25. The van der Waals surface area contributed by atoms with E-state index in [-0.39, 0.29) is 11.8 Å². The number of nitrogens with two attached hydrogens (primary N) is 1. The Labute approximate surface area is 107 Å². The van der Waals surface area contributed by atoms with E-state index in [1.54, 1.807) is 11.3 Å². The molecule has 0 aliphatic heterocycles. The predicted octanol–water partition coefficient (Wildman–Crippen LogP) is 1.48. The van der Waals surface area contributed by atoms with E-state index in [0.717, 1.165) is 18.5 Å². The van der Waals surface area contributed by atoms with E-state index in [4.69, 9.17) is 5.73 Å². The van der Waals surface area contributed by atoms with Crippen molar-refractivity contribution >= 4 is 17.2 Å². The van der Waals surface area contributed by atoms with Crippen LogP contribution in [0.3, 0.4) is 0 Å². The third-order valence-electron chi connectivity index (χ3n) is 3.06. The van der Waals surface area contributed by atoms with Crippen LogP contribution in [0.5, 0.6) is 0 Å². The van der Waals surface area contributed by atoms with E-state index in [0.29, 0.717) is 6.54 Å². The van der Waals surface area contributed by atoms with Gasteiger partial charge in [0.1, 0.15) is 0 Å². The number of rotatable bonds is 6. The zero-order valence-electron chi connectivity index (χ0n) is 10.7. The number of carbonyl (C=O) groups excluding carboxylic acids is 1. The van der Waals surface area contributed by atoms with Crippen molar-refractivity contribution in [3.05, 3.63) is 16.1 Å². The molecule has 0 fully saturated rings. The summed E-state index contributed by atoms with van der Waals surface area (Å²) in [6.45, 7) is 6.65. The van der Waals surface area contributed by atoms with Crippen molar-refractivity contribution in [3.63, 3.8) is 0 Å². The lowest BCUT2D eigenvalue weighted by Gasteiger charge is -2.17. The number of aryl methyl sites for hydroxylation is 1. The van der Waals surface area contributed by atoms with Crippen molar-refractivity contribution < 1.29 is 4.79 Å². The zero-order valence-corrected chi connectivity index (χ0v) is 11.5. The van der Waals surface area contributed by atoms with E-state index in [1.165, 1.54) is 4.88 Å². The highest BCUT2D eigenvalue weighted by atomic mass is 32.1. The maximum Gasteiger partial charge on any atom is 0.237 e. The summed E-state index contributed by atoms with van der Waals surface area (Å²) in [6, 6.07) is -0.400. The minimum absolute atomic E-state index is 0.0541. The second-order valence-electron chi connectivity index (χ2n) is 4.31. The number of nitrogens with zero attached hydrogens (tertiary/aromatic N) is 1. The normalized spacial score (nSPS) is 14.4. The molecule has 0 saturated heterocycles. The summed E-state index contributed by atoms with van der Waals surface area (Å²) in [5, 5.41) is 2.88. The molecule has 96 valence electrons. The molecule has 0 aromatic carbocycles. The number of hydrogen-bond acceptors (Lipinski definition) is 4. The van der Waals surface area contributed by atoms with Crippen molar-refractivity contribution in [2.75, 3.05) is 6.54 Å². The van der Waals surface area contributed by atoms with Crippen LogP contribution in [-0.2, 0) is 11.2 Å². The SMILES string of the molecule is CC[C@H](C)[C@H](N)C(=O)NCCc1scnc1C. The molecule has 5 heteroatoms. The molecule has 0 aliphatic carbocycles. The molecule has 1 aromatic heterocycles. The standard InChI is InChI=1S/C12H21N3OS/c1-4-8(2)11(13)12(16)14-6-5-10-9(3)15-7-17-10/h7-8,11H,4-6,13H2,1-3H3,(H,14,16)/t8-,11-/m0/s1. The summed E-state index contributed by atoms with van der Waals surface area (Å²) in [6.07, 6.45) is 1.75. The monoisotopic (exact) mass is 255 g/mol. The van der Waals surface area contributed by atoms with Crippen molar-refractivity contribution in [1.29, 1.82) is 0 Å². The third-order valence-corrected chi connectivity index (χ3v) is 4.05. The molecule has 3 N–H and O–H groups in total. The van der Waals surface area contributed by atoms with Crippen LogP contribution < -0.4 is 11.1 Å². The van der Waals surface area contributed by atoms with Gasteiger partial charge < -0.3 is 11.1 Å². The average molecular weight is 255 g/mol. The van der Waals surface area contributed by atoms with Crippen molar-refractivity contribution in [2.24, 2.45) is 11.7 Å². The minimum atomic E-state index is -0.400. The van der Waals surface area contributed by atoms with Crippen molar-refractivity contribution in [3.8, 4) is 0 Å². The first-order valence-corrected chi connectivity index (χ1v) is 6.86. The molecule has 0 bridgehead atoms. The summed E-state index contributed by atoms with van der Waals surface area (Å²) < 4.78 is 0. The first-order valence-electron chi connectivity index (χ1n) is 5.98. The molecule has 0 unspecified atom stereocenters. The fraction of sp³-hybridized carbons (Fsp3) is 0.667. The fourth-order valence-corrected chi connectivity index (χ4v) is 2.28. The van der Waals surface area contributed by atoms with Gasteiger partial charge >= 0.3 is 0 Å². The fourth-order valence-electron chi connectivity index (χ4n) is 1.50. The van der Waals surface area contributed by atoms with E-state index >= 15 is 0 Å². The Morgan fingerprint density at radius 3 is 2.88 bits per heavy atom. The Hall–Kier alpha value is -0.940. The Balaban J connectivity index is 2.32. The van der Waals surface area contributed by atoms with Crippen molar-refractivity contribution in [1.82, 2.24) is 10.3 Å². The molecule has 1 rings (SSSR count). The van der Waals surface area contributed by atoms with Crippen LogP contribution in [0.2, 0.25) is 0 Å². The van der Waals surface area contributed by atoms with Crippen LogP contribution in [0.15, 0.2) is 5.51 Å². The van der Waals surface area contributed by atoms with Gasteiger partial charge in [-0.3, -0.25) is 4.79 Å². The molecule has 0 spiro atoms. The smallest absolute Gasteiger partial charge is 0.237 e. The van der Waals surface area contributed by atoms with Gasteiger partial charge in [0.2, 0.25) is 5.91 Å². The first-order chi connectivity index (χ1) is 8.06. The predicted molar refractivity (Wildman–Crippen MR) is 71.0 cm³/mol. The Morgan fingerprint density at radius 1 is 1.65 bits per heavy atom. The maximum absolute atomic E-state index is 11.7. The highest BCUT2D eigenvalue weighted by Gasteiger charge is 2.18. The molecule has 2 atom stereocenters. The molecule has 1 aromatic rings. The second kappa shape index (κ2) is 6.71. The zero-order chi connectivity index (χ0) is 12.8. The number of hydrogen-bond donors (Lipinski definition) is 2. The summed E-state index contributed by atoms with van der Waals surface area (Å²) in [5.74, 6) is 0.168. The summed E-state index contributed by atoms with van der Waals surface area (Å²) >= 11 is 1.63. The highest BCUT2D eigenvalue weighted by Crippen LogP contribution is 2.12. The third kappa shape index (κ3) is 4.09. The number of thiazole rings is 1. The van der Waals surface area contributed by atoms with Gasteiger partial charge in [-0.25, -0.2) is 4.98 Å². The average Bonchev–Trinajstić information content (AvgIpc) is 2.73. The first kappa shape index (κ1) is 14.1. The molecule has 0 radical (unpaired) electrons. The molecular weight excluding hydrogens is 234 g/mol. The van der Waals surface area contributed by atoms with Crippen LogP contribution in [0.4, 0.5) is 0 Å². The molecule has 4 nitrogen and oxygen atoms in total. The lowest BCUT2D eigenvalue weighted by molar-refractivity contribution is -0.123. The number of aromatic nitrogens is 1. The maximum atomic E-state index is 11.7. The number of carbonyl (C=O) groups is 1. The van der Waals surface area contributed by atoms with Gasteiger partial charge in [-0.2, -0.15) is 0 Å². The van der Waals surface area contributed by atoms with Crippen LogP contribution >= 0.6 is 11.3 Å². The van der Waals surface area contributed by atoms with Crippen LogP contribution in [0, 0.1) is 12.8 Å². The quantitative estimate of drug-likeness (QED) is 0.809. The number of amides is 1. The van der Waals surface area contributed by atoms with Crippen LogP contribution in [0.1, 0.15) is 30.8 Å². The Kier molecular flexibility index (Phi) is 5.58. The molecule has 1 heterocycles. The summed E-state index contributed by atoms with van der Waals surface area (Å²) in [7, 11) is 0. The van der Waals surface area contributed by atoms with Gasteiger partial charge in [-0.1, -0.05) is 20.3 Å². The minimum Gasteiger partial charge on any atom is -0.354 e. The highest BCUT2D eigenvalue weighted by molar-refractivity contribution is 7.09. The van der Waals surface area contributed by atoms with Gasteiger partial charge in [-0.15, -0.1) is 11.3 Å². The lowest BCUT2D eigenvalue weighted by atomic mass is 9.99. The Morgan fingerprint density at radius 2 is 2.35 bits per heavy atom. The topological polar surface area (TPSA) is 68.0 Å². The lowest BCUT2D eigenvalue weighted by Crippen LogP contribution is -2.45. The van der Waals surface area contributed by atoms with Crippen LogP contribution in [0.25, 0.3) is 0 Å². The number of nitrogens with one attached hydrogen (secondary N) is 1. The molecule has 17 heavy (non-hydrogen) atoms. The molecule has 0 aliphatic rings. The molecule has 1 amide bonds. The van der Waals surface area contributed by atoms with Crippen molar-refractivity contribution in [2.45, 2.75) is 39.7 Å².